The van der Waals surface area contributed by atoms with Crippen molar-refractivity contribution in [3.8, 4) is 0 Å². The number of halogens is 2. The fraction of sp³-hybridized carbons (Fsp3) is 0.333. The minimum absolute atomic E-state index is 0.0926. The standard InChI is InChI=1S/C15H15Cl2NO2/c1-15(2)6-13(19)10(14(20)7-15)8-18-9-3-4-11(16)12(17)5-9/h3-5,8,19H,6-7H2,1-2H3. The number of aliphatic imine (C=N–C) groups is 1. The number of Topliss-reactive ketones (excluding diaryl/α,β-unsaturated/α-hetero) is 1. The third-order valence-corrected chi connectivity index (χ3v) is 3.88. The number of benzene rings is 1. The van der Waals surface area contributed by atoms with Gasteiger partial charge in [0.1, 0.15) is 5.76 Å². The number of nitrogens with zero attached hydrogens (tertiary/aromatic N) is 1. The topological polar surface area (TPSA) is 49.7 Å². The Morgan fingerprint density at radius 3 is 2.55 bits per heavy atom. The maximum atomic E-state index is 12.0. The molecule has 2 rings (SSSR count). The molecule has 1 aliphatic carbocycles. The summed E-state index contributed by atoms with van der Waals surface area (Å²) in [6.45, 7) is 3.90. The van der Waals surface area contributed by atoms with Gasteiger partial charge in [-0.2, -0.15) is 0 Å². The molecule has 106 valence electrons. The Morgan fingerprint density at radius 2 is 1.95 bits per heavy atom. The van der Waals surface area contributed by atoms with E-state index in [4.69, 9.17) is 23.2 Å². The van der Waals surface area contributed by atoms with Gasteiger partial charge in [-0.3, -0.25) is 9.79 Å². The van der Waals surface area contributed by atoms with Gasteiger partial charge in [0, 0.05) is 19.1 Å². The summed E-state index contributed by atoms with van der Waals surface area (Å²) in [6, 6.07) is 4.94. The Balaban J connectivity index is 2.26. The number of allylic oxidation sites excluding steroid dienone is 2. The van der Waals surface area contributed by atoms with Gasteiger partial charge >= 0.3 is 0 Å². The molecule has 0 aromatic heterocycles. The molecule has 0 amide bonds. The first kappa shape index (κ1) is 15.1. The molecule has 1 aliphatic rings. The zero-order valence-corrected chi connectivity index (χ0v) is 12.8. The van der Waals surface area contributed by atoms with Crippen LogP contribution < -0.4 is 0 Å². The van der Waals surface area contributed by atoms with Gasteiger partial charge in [-0.1, -0.05) is 37.0 Å². The lowest BCUT2D eigenvalue weighted by molar-refractivity contribution is -0.117. The van der Waals surface area contributed by atoms with Crippen molar-refractivity contribution in [1.29, 1.82) is 0 Å². The van der Waals surface area contributed by atoms with Gasteiger partial charge in [-0.15, -0.1) is 0 Å². The van der Waals surface area contributed by atoms with E-state index in [1.165, 1.54) is 6.21 Å². The monoisotopic (exact) mass is 311 g/mol. The number of hydrogen-bond donors (Lipinski definition) is 1. The first-order valence-corrected chi connectivity index (χ1v) is 6.98. The molecule has 0 saturated carbocycles. The number of rotatable bonds is 2. The van der Waals surface area contributed by atoms with Crippen molar-refractivity contribution in [3.05, 3.63) is 39.6 Å². The average molecular weight is 312 g/mol. The van der Waals surface area contributed by atoms with Gasteiger partial charge in [-0.05, 0) is 23.6 Å². The Hall–Kier alpha value is -1.32. The second kappa shape index (κ2) is 5.58. The van der Waals surface area contributed by atoms with Crippen LogP contribution in [0.3, 0.4) is 0 Å². The smallest absolute Gasteiger partial charge is 0.168 e. The molecule has 3 nitrogen and oxygen atoms in total. The van der Waals surface area contributed by atoms with E-state index in [9.17, 15) is 9.90 Å². The average Bonchev–Trinajstić information content (AvgIpc) is 2.31. The Kier molecular flexibility index (Phi) is 4.21. The highest BCUT2D eigenvalue weighted by molar-refractivity contribution is 6.42. The van der Waals surface area contributed by atoms with E-state index in [0.29, 0.717) is 28.6 Å². The molecular weight excluding hydrogens is 297 g/mol. The van der Waals surface area contributed by atoms with Gasteiger partial charge in [-0.25, -0.2) is 0 Å². The van der Waals surface area contributed by atoms with Crippen molar-refractivity contribution >= 4 is 40.9 Å². The lowest BCUT2D eigenvalue weighted by Crippen LogP contribution is -2.26. The first-order valence-electron chi connectivity index (χ1n) is 6.23. The van der Waals surface area contributed by atoms with E-state index in [2.05, 4.69) is 4.99 Å². The van der Waals surface area contributed by atoms with E-state index in [-0.39, 0.29) is 22.5 Å². The zero-order chi connectivity index (χ0) is 14.9. The molecule has 0 aliphatic heterocycles. The van der Waals surface area contributed by atoms with Crippen LogP contribution in [0.1, 0.15) is 26.7 Å². The summed E-state index contributed by atoms with van der Waals surface area (Å²) >= 11 is 11.7. The molecule has 0 radical (unpaired) electrons. The molecule has 1 N–H and O–H groups in total. The third kappa shape index (κ3) is 3.41. The van der Waals surface area contributed by atoms with Gasteiger partial charge in [0.05, 0.1) is 21.3 Å². The van der Waals surface area contributed by atoms with Crippen LogP contribution in [0.5, 0.6) is 0 Å². The second-order valence-corrected chi connectivity index (χ2v) is 6.47. The fourth-order valence-electron chi connectivity index (χ4n) is 2.15. The van der Waals surface area contributed by atoms with Crippen LogP contribution in [-0.4, -0.2) is 17.1 Å². The van der Waals surface area contributed by atoms with Crippen LogP contribution in [0.2, 0.25) is 10.0 Å². The van der Waals surface area contributed by atoms with Crippen molar-refractivity contribution in [2.75, 3.05) is 0 Å². The van der Waals surface area contributed by atoms with Crippen LogP contribution in [0.4, 0.5) is 5.69 Å². The van der Waals surface area contributed by atoms with Gasteiger partial charge in [0.2, 0.25) is 0 Å². The summed E-state index contributed by atoms with van der Waals surface area (Å²) in [5.41, 5.74) is 0.648. The van der Waals surface area contributed by atoms with E-state index >= 15 is 0 Å². The Morgan fingerprint density at radius 1 is 1.25 bits per heavy atom. The van der Waals surface area contributed by atoms with Crippen LogP contribution in [0.25, 0.3) is 0 Å². The molecule has 1 aromatic rings. The Labute approximate surface area is 127 Å². The molecule has 0 spiro atoms. The lowest BCUT2D eigenvalue weighted by Gasteiger charge is -2.28. The normalized spacial score (nSPS) is 18.9. The molecule has 0 saturated heterocycles. The maximum Gasteiger partial charge on any atom is 0.168 e. The van der Waals surface area contributed by atoms with E-state index < -0.39 is 0 Å². The second-order valence-electron chi connectivity index (χ2n) is 5.66. The highest BCUT2D eigenvalue weighted by atomic mass is 35.5. The van der Waals surface area contributed by atoms with Crippen LogP contribution in [-0.2, 0) is 4.79 Å². The van der Waals surface area contributed by atoms with Gasteiger partial charge < -0.3 is 5.11 Å². The summed E-state index contributed by atoms with van der Waals surface area (Å²) in [5, 5.41) is 10.8. The van der Waals surface area contributed by atoms with E-state index in [0.717, 1.165) is 0 Å². The minimum Gasteiger partial charge on any atom is -0.511 e. The predicted molar refractivity (Wildman–Crippen MR) is 82.3 cm³/mol. The number of hydrogen-bond acceptors (Lipinski definition) is 3. The quantitative estimate of drug-likeness (QED) is 0.790. The van der Waals surface area contributed by atoms with Crippen molar-refractivity contribution in [2.24, 2.45) is 10.4 Å². The molecular formula is C15H15Cl2NO2. The lowest BCUT2D eigenvalue weighted by atomic mass is 9.77. The molecule has 0 heterocycles. The summed E-state index contributed by atoms with van der Waals surface area (Å²) in [6.07, 6.45) is 2.27. The molecule has 5 heteroatoms. The molecule has 0 atom stereocenters. The van der Waals surface area contributed by atoms with Crippen LogP contribution >= 0.6 is 23.2 Å². The van der Waals surface area contributed by atoms with Gasteiger partial charge in [0.15, 0.2) is 5.78 Å². The maximum absolute atomic E-state index is 12.0. The summed E-state index contributed by atoms with van der Waals surface area (Å²) in [5.74, 6) is -0.00220. The number of carbonyl (C=O) groups is 1. The fourth-order valence-corrected chi connectivity index (χ4v) is 2.45. The first-order chi connectivity index (χ1) is 9.28. The predicted octanol–water partition coefficient (Wildman–Crippen LogP) is 4.90. The Bertz CT molecular complexity index is 618. The number of aliphatic hydroxyl groups excluding tert-OH is 1. The molecule has 1 aromatic carbocycles. The summed E-state index contributed by atoms with van der Waals surface area (Å²) in [4.78, 5) is 16.2. The van der Waals surface area contributed by atoms with Crippen molar-refractivity contribution in [3.63, 3.8) is 0 Å². The van der Waals surface area contributed by atoms with Gasteiger partial charge in [0.25, 0.3) is 0 Å². The molecule has 0 fully saturated rings. The molecule has 20 heavy (non-hydrogen) atoms. The highest BCUT2D eigenvalue weighted by Crippen LogP contribution is 2.35. The largest absolute Gasteiger partial charge is 0.511 e. The number of aliphatic hydroxyl groups is 1. The zero-order valence-electron chi connectivity index (χ0n) is 11.3. The third-order valence-electron chi connectivity index (χ3n) is 3.14. The van der Waals surface area contributed by atoms with E-state index in [1.807, 2.05) is 13.8 Å². The number of carbonyl (C=O) groups excluding carboxylic acids is 1. The highest BCUT2D eigenvalue weighted by Gasteiger charge is 2.32. The van der Waals surface area contributed by atoms with Crippen molar-refractivity contribution < 1.29 is 9.90 Å². The SMILES string of the molecule is CC1(C)CC(=O)C(C=Nc2ccc(Cl)c(Cl)c2)=C(O)C1. The van der Waals surface area contributed by atoms with Crippen LogP contribution in [0, 0.1) is 5.41 Å². The number of ketones is 1. The van der Waals surface area contributed by atoms with Crippen molar-refractivity contribution in [1.82, 2.24) is 0 Å². The van der Waals surface area contributed by atoms with Crippen LogP contribution in [0.15, 0.2) is 34.5 Å². The molecule has 0 bridgehead atoms. The molecule has 0 unspecified atom stereocenters. The van der Waals surface area contributed by atoms with E-state index in [1.54, 1.807) is 18.2 Å². The summed E-state index contributed by atoms with van der Waals surface area (Å²) < 4.78 is 0. The van der Waals surface area contributed by atoms with Crippen molar-refractivity contribution in [2.45, 2.75) is 26.7 Å². The minimum atomic E-state index is -0.206. The summed E-state index contributed by atoms with van der Waals surface area (Å²) in [7, 11) is 0.